The zero-order valence-corrected chi connectivity index (χ0v) is 15.0. The Balaban J connectivity index is 1.74. The lowest BCUT2D eigenvalue weighted by Gasteiger charge is -2.24. The van der Waals surface area contributed by atoms with Gasteiger partial charge in [0.2, 0.25) is 0 Å². The Bertz CT molecular complexity index is 945. The summed E-state index contributed by atoms with van der Waals surface area (Å²) in [5.74, 6) is 0. The summed E-state index contributed by atoms with van der Waals surface area (Å²) in [5.41, 5.74) is 14.6. The van der Waals surface area contributed by atoms with Crippen molar-refractivity contribution in [2.75, 3.05) is 10.9 Å². The van der Waals surface area contributed by atoms with Gasteiger partial charge in [0.05, 0.1) is 11.4 Å². The first kappa shape index (κ1) is 16.3. The van der Waals surface area contributed by atoms with Gasteiger partial charge in [0.25, 0.3) is 0 Å². The lowest BCUT2D eigenvalue weighted by atomic mass is 10.1. The number of anilines is 2. The molecule has 0 spiro atoms. The number of hydrogen-bond acceptors (Lipinski definition) is 8. The average Bonchev–Trinajstić information content (AvgIpc) is 2.71. The lowest BCUT2D eigenvalue weighted by Crippen LogP contribution is -2.27. The van der Waals surface area contributed by atoms with E-state index in [0.717, 1.165) is 21.2 Å². The van der Waals surface area contributed by atoms with Crippen LogP contribution in [0.15, 0.2) is 79.5 Å². The molecule has 0 bridgehead atoms. The molecule has 0 atom stereocenters. The van der Waals surface area contributed by atoms with E-state index in [1.165, 1.54) is 23.5 Å². The van der Waals surface area contributed by atoms with Crippen molar-refractivity contribution in [3.8, 4) is 12.1 Å². The summed E-state index contributed by atoms with van der Waals surface area (Å²) in [7, 11) is 0. The maximum absolute atomic E-state index is 9.72. The van der Waals surface area contributed by atoms with Crippen molar-refractivity contribution in [3.05, 3.63) is 69.7 Å². The summed E-state index contributed by atoms with van der Waals surface area (Å²) in [6.07, 6.45) is 0. The maximum atomic E-state index is 9.72. The summed E-state index contributed by atoms with van der Waals surface area (Å²) in [4.78, 5) is 1.98. The third-order valence-corrected chi connectivity index (χ3v) is 5.92. The van der Waals surface area contributed by atoms with Crippen LogP contribution in [-0.4, -0.2) is 0 Å². The van der Waals surface area contributed by atoms with Gasteiger partial charge in [0.1, 0.15) is 33.3 Å². The smallest absolute Gasteiger partial charge is 0.111 e. The molecule has 0 fully saturated rings. The molecule has 0 amide bonds. The Labute approximate surface area is 158 Å². The van der Waals surface area contributed by atoms with Gasteiger partial charge in [-0.1, -0.05) is 47.8 Å². The number of nitriles is 2. The van der Waals surface area contributed by atoms with Gasteiger partial charge in [-0.15, -0.1) is 0 Å². The molecule has 2 aromatic rings. The second-order valence-electron chi connectivity index (χ2n) is 5.33. The molecule has 0 saturated carbocycles. The van der Waals surface area contributed by atoms with Crippen LogP contribution < -0.4 is 21.7 Å². The first-order valence-corrected chi connectivity index (χ1v) is 9.30. The first-order chi connectivity index (χ1) is 12.8. The molecular weight excluding hydrogens is 364 g/mol. The van der Waals surface area contributed by atoms with E-state index in [9.17, 15) is 10.5 Å². The van der Waals surface area contributed by atoms with Crippen LogP contribution in [0.3, 0.4) is 0 Å². The predicted octanol–water partition coefficient (Wildman–Crippen LogP) is 3.90. The van der Waals surface area contributed by atoms with Gasteiger partial charge in [-0.25, -0.2) is 0 Å². The monoisotopic (exact) mass is 376 g/mol. The summed E-state index contributed by atoms with van der Waals surface area (Å²) >= 11 is 2.85. The summed E-state index contributed by atoms with van der Waals surface area (Å²) in [5, 5.41) is 20.6. The van der Waals surface area contributed by atoms with Gasteiger partial charge in [0, 0.05) is 9.79 Å². The van der Waals surface area contributed by atoms with E-state index in [2.05, 4.69) is 33.8 Å². The van der Waals surface area contributed by atoms with Crippen LogP contribution in [0.25, 0.3) is 0 Å². The normalized spacial score (nSPS) is 18.2. The molecule has 0 aromatic heterocycles. The Morgan fingerprint density at radius 2 is 1.08 bits per heavy atom. The Kier molecular flexibility index (Phi) is 4.36. The zero-order valence-electron chi connectivity index (χ0n) is 13.3. The molecule has 2 aliphatic heterocycles. The van der Waals surface area contributed by atoms with Crippen molar-refractivity contribution < 1.29 is 0 Å². The summed E-state index contributed by atoms with van der Waals surface area (Å²) in [6.45, 7) is 0. The van der Waals surface area contributed by atoms with Gasteiger partial charge in [-0.05, 0) is 24.3 Å². The topological polar surface area (TPSA) is 95.7 Å². The number of hydrazine groups is 2. The fourth-order valence-corrected chi connectivity index (χ4v) is 4.40. The van der Waals surface area contributed by atoms with Crippen LogP contribution in [-0.2, 0) is 0 Å². The number of hydrogen-bond donors (Lipinski definition) is 4. The summed E-state index contributed by atoms with van der Waals surface area (Å²) < 4.78 is 0. The minimum atomic E-state index is 0.288. The molecule has 6 nitrogen and oxygen atoms in total. The molecule has 4 rings (SSSR count). The number of nitrogens with zero attached hydrogens (tertiary/aromatic N) is 2. The van der Waals surface area contributed by atoms with Crippen LogP contribution >= 0.6 is 23.5 Å². The molecule has 2 aromatic carbocycles. The van der Waals surface area contributed by atoms with Crippen molar-refractivity contribution in [2.45, 2.75) is 9.79 Å². The van der Waals surface area contributed by atoms with Crippen LogP contribution in [0.1, 0.15) is 0 Å². The van der Waals surface area contributed by atoms with Crippen LogP contribution in [0.2, 0.25) is 0 Å². The molecule has 0 aliphatic carbocycles. The molecular formula is C18H12N6S2. The van der Waals surface area contributed by atoms with Gasteiger partial charge >= 0.3 is 0 Å². The first-order valence-electron chi connectivity index (χ1n) is 7.67. The molecule has 2 heterocycles. The fourth-order valence-electron chi connectivity index (χ4n) is 2.50. The molecule has 26 heavy (non-hydrogen) atoms. The van der Waals surface area contributed by atoms with E-state index in [-0.39, 0.29) is 11.1 Å². The van der Waals surface area contributed by atoms with Crippen molar-refractivity contribution in [3.63, 3.8) is 0 Å². The van der Waals surface area contributed by atoms with E-state index in [0.29, 0.717) is 10.1 Å². The SMILES string of the molecule is N#CC(=C1/NNc2ccccc2S1)/C(C#N)=C1\NNc2ccccc2S1. The highest BCUT2D eigenvalue weighted by atomic mass is 32.2. The second kappa shape index (κ2) is 6.96. The third-order valence-electron chi connectivity index (χ3n) is 3.75. The highest BCUT2D eigenvalue weighted by molar-refractivity contribution is 8.03. The number of benzene rings is 2. The molecule has 4 N–H and O–H groups in total. The van der Waals surface area contributed by atoms with E-state index in [1.54, 1.807) is 0 Å². The van der Waals surface area contributed by atoms with Crippen LogP contribution in [0.5, 0.6) is 0 Å². The number of fused-ring (bicyclic) bond motifs is 2. The van der Waals surface area contributed by atoms with Crippen molar-refractivity contribution in [1.82, 2.24) is 10.9 Å². The Morgan fingerprint density at radius 3 is 1.50 bits per heavy atom. The zero-order chi connectivity index (χ0) is 17.9. The Morgan fingerprint density at radius 1 is 0.654 bits per heavy atom. The Hall–Kier alpha value is -3.20. The van der Waals surface area contributed by atoms with E-state index in [1.807, 2.05) is 48.5 Å². The quantitative estimate of drug-likeness (QED) is 0.557. The van der Waals surface area contributed by atoms with Gasteiger partial charge in [-0.2, -0.15) is 10.5 Å². The third kappa shape index (κ3) is 2.92. The van der Waals surface area contributed by atoms with Gasteiger partial charge < -0.3 is 0 Å². The standard InChI is InChI=1S/C18H12N6S2/c19-9-11(17-23-21-13-5-1-3-7-15(13)25-17)12(10-20)18-24-22-14-6-2-4-8-16(14)26-18/h1-8,21-24H/b17-11+,18-12+. The molecule has 8 heteroatoms. The maximum Gasteiger partial charge on any atom is 0.111 e. The van der Waals surface area contributed by atoms with Crippen LogP contribution in [0.4, 0.5) is 11.4 Å². The molecule has 2 aliphatic rings. The highest BCUT2D eigenvalue weighted by Gasteiger charge is 2.24. The number of rotatable bonds is 1. The summed E-state index contributed by atoms with van der Waals surface area (Å²) in [6, 6.07) is 19.9. The molecule has 0 radical (unpaired) electrons. The lowest BCUT2D eigenvalue weighted by molar-refractivity contribution is 0.980. The van der Waals surface area contributed by atoms with Crippen molar-refractivity contribution >= 4 is 34.9 Å². The highest BCUT2D eigenvalue weighted by Crippen LogP contribution is 2.41. The average molecular weight is 376 g/mol. The van der Waals surface area contributed by atoms with E-state index < -0.39 is 0 Å². The van der Waals surface area contributed by atoms with Crippen molar-refractivity contribution in [1.29, 1.82) is 10.5 Å². The fraction of sp³-hybridized carbons (Fsp3) is 0. The molecule has 0 saturated heterocycles. The van der Waals surface area contributed by atoms with Gasteiger partial charge in [0.15, 0.2) is 0 Å². The number of nitrogens with one attached hydrogen (secondary N) is 4. The minimum Gasteiger partial charge on any atom is -0.299 e. The predicted molar refractivity (Wildman–Crippen MR) is 103 cm³/mol. The van der Waals surface area contributed by atoms with Crippen molar-refractivity contribution in [2.24, 2.45) is 0 Å². The molecule has 0 unspecified atom stereocenters. The van der Waals surface area contributed by atoms with Crippen LogP contribution in [0, 0.1) is 22.7 Å². The largest absolute Gasteiger partial charge is 0.299 e. The number of para-hydroxylation sites is 2. The number of allylic oxidation sites excluding steroid dienone is 2. The van der Waals surface area contributed by atoms with E-state index >= 15 is 0 Å². The van der Waals surface area contributed by atoms with E-state index in [4.69, 9.17) is 0 Å². The molecule has 126 valence electrons. The minimum absolute atomic E-state index is 0.288. The number of thioether (sulfide) groups is 2. The van der Waals surface area contributed by atoms with Gasteiger partial charge in [-0.3, -0.25) is 21.7 Å². The second-order valence-corrected chi connectivity index (χ2v) is 7.43.